The molecular formula is C22H28N4O3. The molecule has 0 spiro atoms. The molecule has 7 nitrogen and oxygen atoms in total. The third-order valence-electron chi connectivity index (χ3n) is 4.73. The summed E-state index contributed by atoms with van der Waals surface area (Å²) < 4.78 is 11.1. The van der Waals surface area contributed by atoms with Gasteiger partial charge in [-0.15, -0.1) is 0 Å². The summed E-state index contributed by atoms with van der Waals surface area (Å²) in [6.45, 7) is 7.69. The number of aromatic nitrogens is 1. The molecule has 1 saturated heterocycles. The predicted octanol–water partition coefficient (Wildman–Crippen LogP) is 3.23. The average Bonchev–Trinajstić information content (AvgIpc) is 3.23. The van der Waals surface area contributed by atoms with E-state index in [0.29, 0.717) is 35.8 Å². The lowest BCUT2D eigenvalue weighted by molar-refractivity contribution is 0.0976. The largest absolute Gasteiger partial charge is 0.490 e. The Morgan fingerprint density at radius 1 is 1.07 bits per heavy atom. The van der Waals surface area contributed by atoms with Crippen molar-refractivity contribution in [2.45, 2.75) is 33.2 Å². The number of ether oxygens (including phenoxy) is 2. The fourth-order valence-corrected chi connectivity index (χ4v) is 3.34. The van der Waals surface area contributed by atoms with Crippen molar-refractivity contribution in [3.63, 3.8) is 0 Å². The summed E-state index contributed by atoms with van der Waals surface area (Å²) in [7, 11) is 0. The first-order chi connectivity index (χ1) is 14.1. The SMILES string of the molecule is CCOc1ccc(C(=O)NC(=N)c2ccnc(CN3CCCC3)c2)cc1OCC. The van der Waals surface area contributed by atoms with Crippen LogP contribution in [0.2, 0.25) is 0 Å². The zero-order chi connectivity index (χ0) is 20.6. The van der Waals surface area contributed by atoms with Crippen molar-refractivity contribution in [3.05, 3.63) is 53.3 Å². The van der Waals surface area contributed by atoms with Gasteiger partial charge in [0.25, 0.3) is 5.91 Å². The summed E-state index contributed by atoms with van der Waals surface area (Å²) in [6, 6.07) is 8.63. The van der Waals surface area contributed by atoms with Crippen LogP contribution in [0.1, 0.15) is 48.3 Å². The van der Waals surface area contributed by atoms with Crippen molar-refractivity contribution >= 4 is 11.7 Å². The summed E-state index contributed by atoms with van der Waals surface area (Å²) in [5.41, 5.74) is 1.95. The Morgan fingerprint density at radius 3 is 2.52 bits per heavy atom. The van der Waals surface area contributed by atoms with Gasteiger partial charge in [0.1, 0.15) is 5.84 Å². The number of likely N-dealkylation sites (tertiary alicyclic amines) is 1. The van der Waals surface area contributed by atoms with Crippen LogP contribution in [0.3, 0.4) is 0 Å². The number of pyridine rings is 1. The van der Waals surface area contributed by atoms with Crippen LogP contribution >= 0.6 is 0 Å². The number of rotatable bonds is 8. The van der Waals surface area contributed by atoms with E-state index in [1.807, 2.05) is 19.9 Å². The van der Waals surface area contributed by atoms with Gasteiger partial charge in [-0.2, -0.15) is 0 Å². The average molecular weight is 396 g/mol. The van der Waals surface area contributed by atoms with Crippen molar-refractivity contribution in [2.24, 2.45) is 0 Å². The number of hydrogen-bond acceptors (Lipinski definition) is 6. The minimum absolute atomic E-state index is 0.0481. The molecule has 1 aromatic heterocycles. The normalized spacial score (nSPS) is 13.9. The number of nitrogens with zero attached hydrogens (tertiary/aromatic N) is 2. The molecule has 7 heteroatoms. The van der Waals surface area contributed by atoms with Gasteiger partial charge < -0.3 is 14.8 Å². The number of benzene rings is 1. The Bertz CT molecular complexity index is 863. The van der Waals surface area contributed by atoms with Gasteiger partial charge in [0.05, 0.1) is 18.9 Å². The van der Waals surface area contributed by atoms with Crippen LogP contribution in [0.15, 0.2) is 36.5 Å². The van der Waals surface area contributed by atoms with Gasteiger partial charge in [0.15, 0.2) is 11.5 Å². The van der Waals surface area contributed by atoms with Crippen molar-refractivity contribution in [1.29, 1.82) is 5.41 Å². The maximum Gasteiger partial charge on any atom is 0.256 e. The summed E-state index contributed by atoms with van der Waals surface area (Å²) in [4.78, 5) is 19.4. The maximum atomic E-state index is 12.6. The van der Waals surface area contributed by atoms with Crippen LogP contribution < -0.4 is 14.8 Å². The number of carbonyl (C=O) groups excluding carboxylic acids is 1. The van der Waals surface area contributed by atoms with E-state index < -0.39 is 0 Å². The lowest BCUT2D eigenvalue weighted by Gasteiger charge is -2.15. The minimum Gasteiger partial charge on any atom is -0.490 e. The Labute approximate surface area is 171 Å². The zero-order valence-corrected chi connectivity index (χ0v) is 17.0. The number of carbonyl (C=O) groups is 1. The van der Waals surface area contributed by atoms with Crippen LogP contribution in [0, 0.1) is 5.41 Å². The number of amidine groups is 1. The summed E-state index contributed by atoms with van der Waals surface area (Å²) >= 11 is 0. The van der Waals surface area contributed by atoms with Gasteiger partial charge in [0, 0.05) is 23.9 Å². The third kappa shape index (κ3) is 5.54. The quantitative estimate of drug-likeness (QED) is 0.528. The fourth-order valence-electron chi connectivity index (χ4n) is 3.34. The smallest absolute Gasteiger partial charge is 0.256 e. The van der Waals surface area contributed by atoms with Crippen LogP contribution in [-0.2, 0) is 6.54 Å². The Kier molecular flexibility index (Phi) is 7.19. The highest BCUT2D eigenvalue weighted by Crippen LogP contribution is 2.28. The monoisotopic (exact) mass is 396 g/mol. The molecule has 0 radical (unpaired) electrons. The van der Waals surface area contributed by atoms with Crippen molar-refractivity contribution < 1.29 is 14.3 Å². The second kappa shape index (κ2) is 10.0. The molecule has 3 rings (SSSR count). The first-order valence-electron chi connectivity index (χ1n) is 10.1. The van der Waals surface area contributed by atoms with Crippen LogP contribution in [0.25, 0.3) is 0 Å². The molecule has 1 amide bonds. The number of nitrogens with one attached hydrogen (secondary N) is 2. The maximum absolute atomic E-state index is 12.6. The fraction of sp³-hybridized carbons (Fsp3) is 0.409. The third-order valence-corrected chi connectivity index (χ3v) is 4.73. The second-order valence-electron chi connectivity index (χ2n) is 6.88. The van der Waals surface area contributed by atoms with E-state index in [1.165, 1.54) is 12.8 Å². The van der Waals surface area contributed by atoms with Crippen LogP contribution in [0.5, 0.6) is 11.5 Å². The predicted molar refractivity (Wildman–Crippen MR) is 112 cm³/mol. The van der Waals surface area contributed by atoms with Crippen molar-refractivity contribution in [3.8, 4) is 11.5 Å². The molecule has 0 atom stereocenters. The van der Waals surface area contributed by atoms with Crippen molar-refractivity contribution in [1.82, 2.24) is 15.2 Å². The van der Waals surface area contributed by atoms with E-state index in [-0.39, 0.29) is 11.7 Å². The highest BCUT2D eigenvalue weighted by Gasteiger charge is 2.16. The molecule has 29 heavy (non-hydrogen) atoms. The van der Waals surface area contributed by atoms with Gasteiger partial charge in [-0.05, 0) is 70.1 Å². The van der Waals surface area contributed by atoms with E-state index in [2.05, 4.69) is 15.2 Å². The lowest BCUT2D eigenvalue weighted by atomic mass is 10.1. The second-order valence-corrected chi connectivity index (χ2v) is 6.88. The lowest BCUT2D eigenvalue weighted by Crippen LogP contribution is -2.30. The minimum atomic E-state index is -0.364. The summed E-state index contributed by atoms with van der Waals surface area (Å²) in [6.07, 6.45) is 4.13. The molecule has 2 N–H and O–H groups in total. The van der Waals surface area contributed by atoms with E-state index in [1.54, 1.807) is 30.5 Å². The first-order valence-corrected chi connectivity index (χ1v) is 10.1. The van der Waals surface area contributed by atoms with E-state index >= 15 is 0 Å². The van der Waals surface area contributed by atoms with E-state index in [4.69, 9.17) is 14.9 Å². The Morgan fingerprint density at radius 2 is 1.79 bits per heavy atom. The molecule has 0 unspecified atom stereocenters. The summed E-state index contributed by atoms with van der Waals surface area (Å²) in [5, 5.41) is 11.0. The Balaban J connectivity index is 1.68. The Hall–Kier alpha value is -2.93. The van der Waals surface area contributed by atoms with Gasteiger partial charge in [0.2, 0.25) is 0 Å². The molecule has 1 aliphatic heterocycles. The topological polar surface area (TPSA) is 87.5 Å². The van der Waals surface area contributed by atoms with Gasteiger partial charge in [-0.1, -0.05) is 0 Å². The molecule has 1 aliphatic rings. The molecule has 0 aliphatic carbocycles. The molecule has 0 saturated carbocycles. The highest BCUT2D eigenvalue weighted by atomic mass is 16.5. The van der Waals surface area contributed by atoms with Gasteiger partial charge >= 0.3 is 0 Å². The number of hydrogen-bond donors (Lipinski definition) is 2. The van der Waals surface area contributed by atoms with Crippen LogP contribution in [0.4, 0.5) is 0 Å². The molecule has 154 valence electrons. The molecule has 1 fully saturated rings. The molecule has 2 aromatic rings. The van der Waals surface area contributed by atoms with Crippen LogP contribution in [-0.4, -0.2) is 47.9 Å². The molecule has 1 aromatic carbocycles. The number of amides is 1. The summed E-state index contributed by atoms with van der Waals surface area (Å²) in [5.74, 6) is 0.802. The highest BCUT2D eigenvalue weighted by molar-refractivity contribution is 6.11. The van der Waals surface area contributed by atoms with Gasteiger partial charge in [-0.3, -0.25) is 20.1 Å². The standard InChI is InChI=1S/C22H28N4O3/c1-3-28-19-8-7-17(14-20(19)29-4-2)22(27)25-21(23)16-9-10-24-18(13-16)15-26-11-5-6-12-26/h7-10,13-14H,3-6,11-12,15H2,1-2H3,(H2,23,25,27). The molecule has 0 bridgehead atoms. The van der Waals surface area contributed by atoms with Gasteiger partial charge in [-0.25, -0.2) is 0 Å². The molecule has 2 heterocycles. The van der Waals surface area contributed by atoms with E-state index in [9.17, 15) is 4.79 Å². The molecular weight excluding hydrogens is 368 g/mol. The van der Waals surface area contributed by atoms with E-state index in [0.717, 1.165) is 25.3 Å². The zero-order valence-electron chi connectivity index (χ0n) is 17.0. The first kappa shape index (κ1) is 20.8. The van der Waals surface area contributed by atoms with Crippen molar-refractivity contribution in [2.75, 3.05) is 26.3 Å².